The number of carbonyl (C=O) groups is 1. The molecule has 0 aromatic heterocycles. The zero-order valence-corrected chi connectivity index (χ0v) is 9.18. The SMILES string of the molecule is O=C(N[C@H]1CCNC1)c1ccccc1[N+](=O)[O-]. The minimum absolute atomic E-state index is 0.0577. The van der Waals surface area contributed by atoms with Gasteiger partial charge in [-0.15, -0.1) is 0 Å². The summed E-state index contributed by atoms with van der Waals surface area (Å²) < 4.78 is 0. The monoisotopic (exact) mass is 235 g/mol. The lowest BCUT2D eigenvalue weighted by Gasteiger charge is -2.11. The zero-order valence-electron chi connectivity index (χ0n) is 9.18. The van der Waals surface area contributed by atoms with Crippen LogP contribution < -0.4 is 10.6 Å². The first-order valence-electron chi connectivity index (χ1n) is 5.43. The van der Waals surface area contributed by atoms with Gasteiger partial charge in [0.2, 0.25) is 0 Å². The van der Waals surface area contributed by atoms with Crippen molar-refractivity contribution in [2.75, 3.05) is 13.1 Å². The fraction of sp³-hybridized carbons (Fsp3) is 0.364. The van der Waals surface area contributed by atoms with Gasteiger partial charge in [-0.2, -0.15) is 0 Å². The van der Waals surface area contributed by atoms with E-state index in [2.05, 4.69) is 10.6 Å². The Bertz CT molecular complexity index is 441. The van der Waals surface area contributed by atoms with Gasteiger partial charge < -0.3 is 10.6 Å². The minimum Gasteiger partial charge on any atom is -0.348 e. The Labute approximate surface area is 98.2 Å². The van der Waals surface area contributed by atoms with Crippen molar-refractivity contribution in [1.82, 2.24) is 10.6 Å². The molecule has 1 atom stereocenters. The number of nitro groups is 1. The highest BCUT2D eigenvalue weighted by molar-refractivity contribution is 5.98. The van der Waals surface area contributed by atoms with Crippen LogP contribution in [0.3, 0.4) is 0 Å². The molecule has 1 aliphatic rings. The number of nitro benzene ring substituents is 1. The molecule has 0 saturated carbocycles. The van der Waals surface area contributed by atoms with Crippen LogP contribution in [0.4, 0.5) is 5.69 Å². The third-order valence-corrected chi connectivity index (χ3v) is 2.74. The average molecular weight is 235 g/mol. The number of amides is 1. The van der Waals surface area contributed by atoms with Crippen molar-refractivity contribution in [3.8, 4) is 0 Å². The number of hydrogen-bond donors (Lipinski definition) is 2. The number of hydrogen-bond acceptors (Lipinski definition) is 4. The number of para-hydroxylation sites is 1. The lowest BCUT2D eigenvalue weighted by Crippen LogP contribution is -2.36. The van der Waals surface area contributed by atoms with Gasteiger partial charge in [-0.3, -0.25) is 14.9 Å². The Morgan fingerprint density at radius 3 is 2.88 bits per heavy atom. The van der Waals surface area contributed by atoms with Crippen LogP contribution in [-0.4, -0.2) is 30.0 Å². The van der Waals surface area contributed by atoms with Crippen LogP contribution >= 0.6 is 0 Å². The van der Waals surface area contributed by atoms with Gasteiger partial charge in [-0.1, -0.05) is 12.1 Å². The Kier molecular flexibility index (Phi) is 3.34. The summed E-state index contributed by atoms with van der Waals surface area (Å²) in [5.74, 6) is -0.383. The van der Waals surface area contributed by atoms with E-state index in [9.17, 15) is 14.9 Å². The molecule has 0 bridgehead atoms. The van der Waals surface area contributed by atoms with Crippen molar-refractivity contribution in [2.45, 2.75) is 12.5 Å². The van der Waals surface area contributed by atoms with Gasteiger partial charge in [0.1, 0.15) is 5.56 Å². The van der Waals surface area contributed by atoms with Crippen molar-refractivity contribution in [3.63, 3.8) is 0 Å². The molecule has 1 aromatic carbocycles. The molecule has 0 aliphatic carbocycles. The van der Waals surface area contributed by atoms with Gasteiger partial charge in [0.15, 0.2) is 0 Å². The third-order valence-electron chi connectivity index (χ3n) is 2.74. The van der Waals surface area contributed by atoms with E-state index in [1.807, 2.05) is 0 Å². The van der Waals surface area contributed by atoms with E-state index < -0.39 is 4.92 Å². The summed E-state index contributed by atoms with van der Waals surface area (Å²) in [5.41, 5.74) is -0.0413. The molecule has 1 heterocycles. The van der Waals surface area contributed by atoms with Crippen molar-refractivity contribution in [1.29, 1.82) is 0 Å². The molecule has 0 spiro atoms. The van der Waals surface area contributed by atoms with Gasteiger partial charge in [-0.05, 0) is 19.0 Å². The van der Waals surface area contributed by atoms with Crippen LogP contribution in [0.25, 0.3) is 0 Å². The van der Waals surface area contributed by atoms with E-state index in [4.69, 9.17) is 0 Å². The molecule has 6 nitrogen and oxygen atoms in total. The standard InChI is InChI=1S/C11H13N3O3/c15-11(13-8-5-6-12-7-8)9-3-1-2-4-10(9)14(16)17/h1-4,8,12H,5-7H2,(H,13,15)/t8-/m0/s1. The first-order chi connectivity index (χ1) is 8.18. The van der Waals surface area contributed by atoms with E-state index in [0.29, 0.717) is 6.54 Å². The van der Waals surface area contributed by atoms with Crippen molar-refractivity contribution in [3.05, 3.63) is 39.9 Å². The smallest absolute Gasteiger partial charge is 0.282 e. The normalized spacial score (nSPS) is 18.9. The summed E-state index contributed by atoms with van der Waals surface area (Å²) in [5, 5.41) is 16.7. The van der Waals surface area contributed by atoms with Crippen LogP contribution in [-0.2, 0) is 0 Å². The summed E-state index contributed by atoms with van der Waals surface area (Å²) in [7, 11) is 0. The van der Waals surface area contributed by atoms with Crippen LogP contribution in [0.1, 0.15) is 16.8 Å². The first kappa shape index (κ1) is 11.5. The summed E-state index contributed by atoms with van der Waals surface area (Å²) in [6.45, 7) is 1.58. The quantitative estimate of drug-likeness (QED) is 0.596. The molecule has 1 aromatic rings. The summed E-state index contributed by atoms with van der Waals surface area (Å²) in [6.07, 6.45) is 0.854. The van der Waals surface area contributed by atoms with Crippen molar-refractivity contribution >= 4 is 11.6 Å². The van der Waals surface area contributed by atoms with Gasteiger partial charge in [0.05, 0.1) is 4.92 Å². The van der Waals surface area contributed by atoms with E-state index in [-0.39, 0.29) is 23.2 Å². The molecule has 1 aliphatic heterocycles. The second-order valence-electron chi connectivity index (χ2n) is 3.94. The van der Waals surface area contributed by atoms with Crippen molar-refractivity contribution < 1.29 is 9.72 Å². The molecule has 1 fully saturated rings. The van der Waals surface area contributed by atoms with Crippen molar-refractivity contribution in [2.24, 2.45) is 0 Å². The number of nitrogens with zero attached hydrogens (tertiary/aromatic N) is 1. The average Bonchev–Trinajstić information content (AvgIpc) is 2.81. The largest absolute Gasteiger partial charge is 0.348 e. The van der Waals surface area contributed by atoms with Crippen LogP contribution in [0, 0.1) is 10.1 Å². The maximum absolute atomic E-state index is 11.9. The molecule has 90 valence electrons. The maximum atomic E-state index is 11.9. The molecule has 6 heteroatoms. The van der Waals surface area contributed by atoms with E-state index >= 15 is 0 Å². The first-order valence-corrected chi connectivity index (χ1v) is 5.43. The van der Waals surface area contributed by atoms with Gasteiger partial charge in [0.25, 0.3) is 11.6 Å². The summed E-state index contributed by atoms with van der Waals surface area (Å²) in [6, 6.07) is 6.03. The topological polar surface area (TPSA) is 84.3 Å². The zero-order chi connectivity index (χ0) is 12.3. The highest BCUT2D eigenvalue weighted by atomic mass is 16.6. The molecule has 17 heavy (non-hydrogen) atoms. The predicted molar refractivity (Wildman–Crippen MR) is 61.8 cm³/mol. The Morgan fingerprint density at radius 1 is 1.47 bits per heavy atom. The van der Waals surface area contributed by atoms with Crippen LogP contribution in [0.5, 0.6) is 0 Å². The molecule has 0 radical (unpaired) electrons. The summed E-state index contributed by atoms with van der Waals surface area (Å²) >= 11 is 0. The fourth-order valence-corrected chi connectivity index (χ4v) is 1.87. The minimum atomic E-state index is -0.540. The third kappa shape index (κ3) is 2.59. The fourth-order valence-electron chi connectivity index (χ4n) is 1.87. The molecule has 2 N–H and O–H groups in total. The predicted octanol–water partition coefficient (Wildman–Crippen LogP) is 0.686. The lowest BCUT2D eigenvalue weighted by molar-refractivity contribution is -0.385. The Balaban J connectivity index is 2.15. The lowest BCUT2D eigenvalue weighted by atomic mass is 10.1. The Morgan fingerprint density at radius 2 is 2.24 bits per heavy atom. The highest BCUT2D eigenvalue weighted by Gasteiger charge is 2.22. The molecule has 1 saturated heterocycles. The van der Waals surface area contributed by atoms with Crippen LogP contribution in [0.15, 0.2) is 24.3 Å². The van der Waals surface area contributed by atoms with E-state index in [1.54, 1.807) is 12.1 Å². The van der Waals surface area contributed by atoms with Gasteiger partial charge in [-0.25, -0.2) is 0 Å². The summed E-state index contributed by atoms with van der Waals surface area (Å²) in [4.78, 5) is 22.1. The van der Waals surface area contributed by atoms with E-state index in [1.165, 1.54) is 12.1 Å². The Hall–Kier alpha value is -1.95. The number of nitrogens with one attached hydrogen (secondary N) is 2. The maximum Gasteiger partial charge on any atom is 0.282 e. The molecule has 0 unspecified atom stereocenters. The molecular formula is C11H13N3O3. The number of rotatable bonds is 3. The second kappa shape index (κ2) is 4.92. The van der Waals surface area contributed by atoms with Gasteiger partial charge >= 0.3 is 0 Å². The highest BCUT2D eigenvalue weighted by Crippen LogP contribution is 2.17. The molecule has 1 amide bonds. The number of benzene rings is 1. The molecular weight excluding hydrogens is 222 g/mol. The number of carbonyl (C=O) groups excluding carboxylic acids is 1. The molecule has 2 rings (SSSR count). The second-order valence-corrected chi connectivity index (χ2v) is 3.94. The van der Waals surface area contributed by atoms with E-state index in [0.717, 1.165) is 13.0 Å². The van der Waals surface area contributed by atoms with Crippen LogP contribution in [0.2, 0.25) is 0 Å². The van der Waals surface area contributed by atoms with Gasteiger partial charge in [0, 0.05) is 18.7 Å².